The van der Waals surface area contributed by atoms with Gasteiger partial charge < -0.3 is 9.64 Å². The third kappa shape index (κ3) is 1.96. The second kappa shape index (κ2) is 4.72. The lowest BCUT2D eigenvalue weighted by molar-refractivity contribution is -0.145. The number of carbonyl (C=O) groups is 1. The third-order valence-electron chi connectivity index (χ3n) is 4.36. The number of fused-ring (bicyclic) bond motifs is 1. The molecule has 0 aliphatic heterocycles. The van der Waals surface area contributed by atoms with Gasteiger partial charge in [0.2, 0.25) is 0 Å². The molecule has 3 rings (SSSR count). The highest BCUT2D eigenvalue weighted by Gasteiger charge is 2.56. The molecule has 108 valence electrons. The molecule has 1 fully saturated rings. The number of rotatable bonds is 4. The first-order valence-electron chi connectivity index (χ1n) is 7.36. The average Bonchev–Trinajstić information content (AvgIpc) is 3.10. The van der Waals surface area contributed by atoms with Crippen molar-refractivity contribution >= 4 is 11.8 Å². The Balaban J connectivity index is 1.96. The lowest BCUT2D eigenvalue weighted by Crippen LogP contribution is -2.43. The molecular weight excluding hydrogens is 254 g/mol. The number of aromatic nitrogens is 2. The minimum atomic E-state index is -0.493. The van der Waals surface area contributed by atoms with E-state index in [1.165, 1.54) is 5.56 Å². The SMILES string of the molecule is CCOC(=O)C1(N(C)c2nc(C)nc3c2CCC3)CC1. The van der Waals surface area contributed by atoms with Gasteiger partial charge in [0, 0.05) is 18.3 Å². The van der Waals surface area contributed by atoms with Crippen LogP contribution in [0, 0.1) is 6.92 Å². The van der Waals surface area contributed by atoms with Crippen molar-refractivity contribution in [1.29, 1.82) is 0 Å². The molecule has 1 aromatic rings. The number of hydrogen-bond acceptors (Lipinski definition) is 5. The van der Waals surface area contributed by atoms with Gasteiger partial charge in [0.1, 0.15) is 17.2 Å². The van der Waals surface area contributed by atoms with Crippen LogP contribution in [0.2, 0.25) is 0 Å². The summed E-state index contributed by atoms with van der Waals surface area (Å²) in [6.07, 6.45) is 4.85. The zero-order chi connectivity index (χ0) is 14.3. The quantitative estimate of drug-likeness (QED) is 0.784. The molecule has 1 saturated carbocycles. The molecule has 1 aromatic heterocycles. The van der Waals surface area contributed by atoms with E-state index in [4.69, 9.17) is 4.74 Å². The van der Waals surface area contributed by atoms with E-state index in [9.17, 15) is 4.79 Å². The van der Waals surface area contributed by atoms with Crippen molar-refractivity contribution in [3.05, 3.63) is 17.1 Å². The first-order valence-corrected chi connectivity index (χ1v) is 7.36. The summed E-state index contributed by atoms with van der Waals surface area (Å²) in [7, 11) is 1.96. The highest BCUT2D eigenvalue weighted by atomic mass is 16.5. The molecule has 1 heterocycles. The van der Waals surface area contributed by atoms with E-state index in [0.717, 1.165) is 49.4 Å². The Morgan fingerprint density at radius 1 is 1.35 bits per heavy atom. The minimum Gasteiger partial charge on any atom is -0.464 e. The number of nitrogens with zero attached hydrogens (tertiary/aromatic N) is 3. The lowest BCUT2D eigenvalue weighted by Gasteiger charge is -2.29. The van der Waals surface area contributed by atoms with Gasteiger partial charge in [0.25, 0.3) is 0 Å². The summed E-state index contributed by atoms with van der Waals surface area (Å²) in [4.78, 5) is 23.4. The molecule has 0 saturated heterocycles. The van der Waals surface area contributed by atoms with Crippen LogP contribution in [0.5, 0.6) is 0 Å². The van der Waals surface area contributed by atoms with Crippen molar-refractivity contribution in [1.82, 2.24) is 9.97 Å². The second-order valence-electron chi connectivity index (χ2n) is 5.68. The Bertz CT molecular complexity index is 552. The molecule has 0 spiro atoms. The Morgan fingerprint density at radius 3 is 2.75 bits per heavy atom. The average molecular weight is 275 g/mol. The summed E-state index contributed by atoms with van der Waals surface area (Å²) in [6, 6.07) is 0. The van der Waals surface area contributed by atoms with Crippen molar-refractivity contribution in [2.24, 2.45) is 0 Å². The van der Waals surface area contributed by atoms with Crippen molar-refractivity contribution in [3.8, 4) is 0 Å². The summed E-state index contributed by atoms with van der Waals surface area (Å²) < 4.78 is 5.24. The second-order valence-corrected chi connectivity index (χ2v) is 5.68. The van der Waals surface area contributed by atoms with E-state index in [-0.39, 0.29) is 5.97 Å². The Labute approximate surface area is 119 Å². The van der Waals surface area contributed by atoms with Gasteiger partial charge in [0.05, 0.1) is 6.61 Å². The number of carbonyl (C=O) groups excluding carboxylic acids is 1. The molecule has 0 atom stereocenters. The van der Waals surface area contributed by atoms with Crippen molar-refractivity contribution in [2.75, 3.05) is 18.6 Å². The lowest BCUT2D eigenvalue weighted by atomic mass is 10.1. The molecule has 0 aromatic carbocycles. The van der Waals surface area contributed by atoms with E-state index < -0.39 is 5.54 Å². The highest BCUT2D eigenvalue weighted by Crippen LogP contribution is 2.45. The number of esters is 1. The van der Waals surface area contributed by atoms with Crippen LogP contribution in [0.15, 0.2) is 0 Å². The Kier molecular flexibility index (Phi) is 3.15. The molecule has 0 N–H and O–H groups in total. The van der Waals surface area contributed by atoms with Gasteiger partial charge in [-0.05, 0) is 46.0 Å². The van der Waals surface area contributed by atoms with Crippen molar-refractivity contribution in [2.45, 2.75) is 51.5 Å². The van der Waals surface area contributed by atoms with Crippen molar-refractivity contribution < 1.29 is 9.53 Å². The first kappa shape index (κ1) is 13.3. The minimum absolute atomic E-state index is 0.120. The van der Waals surface area contributed by atoms with E-state index in [1.54, 1.807) is 0 Å². The predicted octanol–water partition coefficient (Wildman–Crippen LogP) is 1.81. The van der Waals surface area contributed by atoms with Crippen LogP contribution in [0.25, 0.3) is 0 Å². The van der Waals surface area contributed by atoms with Crippen LogP contribution in [-0.2, 0) is 22.4 Å². The molecule has 0 radical (unpaired) electrons. The van der Waals surface area contributed by atoms with E-state index in [1.807, 2.05) is 25.8 Å². The maximum Gasteiger partial charge on any atom is 0.332 e. The molecule has 5 heteroatoms. The Hall–Kier alpha value is -1.65. The summed E-state index contributed by atoms with van der Waals surface area (Å²) >= 11 is 0. The van der Waals surface area contributed by atoms with Gasteiger partial charge in [-0.15, -0.1) is 0 Å². The molecular formula is C15H21N3O2. The van der Waals surface area contributed by atoms with E-state index >= 15 is 0 Å². The fraction of sp³-hybridized carbons (Fsp3) is 0.667. The number of aryl methyl sites for hydroxylation is 2. The molecule has 0 bridgehead atoms. The highest BCUT2D eigenvalue weighted by molar-refractivity contribution is 5.88. The summed E-state index contributed by atoms with van der Waals surface area (Å²) in [5.74, 6) is 1.59. The summed E-state index contributed by atoms with van der Waals surface area (Å²) in [6.45, 7) is 4.19. The number of hydrogen-bond donors (Lipinski definition) is 0. The summed E-state index contributed by atoms with van der Waals surface area (Å²) in [5, 5.41) is 0. The van der Waals surface area contributed by atoms with Gasteiger partial charge in [0.15, 0.2) is 0 Å². The van der Waals surface area contributed by atoms with Gasteiger partial charge >= 0.3 is 5.97 Å². The van der Waals surface area contributed by atoms with Crippen LogP contribution >= 0.6 is 0 Å². The maximum atomic E-state index is 12.2. The fourth-order valence-corrected chi connectivity index (χ4v) is 3.07. The van der Waals surface area contributed by atoms with Crippen LogP contribution < -0.4 is 4.90 Å². The predicted molar refractivity (Wildman–Crippen MR) is 75.8 cm³/mol. The monoisotopic (exact) mass is 275 g/mol. The fourth-order valence-electron chi connectivity index (χ4n) is 3.07. The molecule has 2 aliphatic carbocycles. The van der Waals surface area contributed by atoms with Crippen LogP contribution in [0.3, 0.4) is 0 Å². The zero-order valence-corrected chi connectivity index (χ0v) is 12.4. The van der Waals surface area contributed by atoms with Gasteiger partial charge in [-0.1, -0.05) is 0 Å². The standard InChI is InChI=1S/C15H21N3O2/c1-4-20-14(19)15(8-9-15)18(3)13-11-6-5-7-12(11)16-10(2)17-13/h4-9H2,1-3H3. The summed E-state index contributed by atoms with van der Waals surface area (Å²) in [5.41, 5.74) is 1.88. The van der Waals surface area contributed by atoms with Crippen LogP contribution in [-0.4, -0.2) is 35.1 Å². The van der Waals surface area contributed by atoms with Crippen LogP contribution in [0.4, 0.5) is 5.82 Å². The van der Waals surface area contributed by atoms with Gasteiger partial charge in [-0.3, -0.25) is 0 Å². The normalized spacial score (nSPS) is 18.6. The van der Waals surface area contributed by atoms with Crippen molar-refractivity contribution in [3.63, 3.8) is 0 Å². The molecule has 2 aliphatic rings. The number of anilines is 1. The van der Waals surface area contributed by atoms with Crippen LogP contribution in [0.1, 0.15) is 43.3 Å². The Morgan fingerprint density at radius 2 is 2.10 bits per heavy atom. The number of likely N-dealkylation sites (N-methyl/N-ethyl adjacent to an activating group) is 1. The third-order valence-corrected chi connectivity index (χ3v) is 4.36. The van der Waals surface area contributed by atoms with E-state index in [0.29, 0.717) is 6.61 Å². The van der Waals surface area contributed by atoms with E-state index in [2.05, 4.69) is 9.97 Å². The smallest absolute Gasteiger partial charge is 0.332 e. The number of ether oxygens (including phenoxy) is 1. The largest absolute Gasteiger partial charge is 0.464 e. The van der Waals surface area contributed by atoms with Gasteiger partial charge in [-0.2, -0.15) is 0 Å². The first-order chi connectivity index (χ1) is 9.58. The molecule has 5 nitrogen and oxygen atoms in total. The van der Waals surface area contributed by atoms with Gasteiger partial charge in [-0.25, -0.2) is 14.8 Å². The molecule has 0 amide bonds. The zero-order valence-electron chi connectivity index (χ0n) is 12.4. The molecule has 20 heavy (non-hydrogen) atoms. The topological polar surface area (TPSA) is 55.3 Å². The molecule has 0 unspecified atom stereocenters. The maximum absolute atomic E-state index is 12.2.